The number of hydrogen-bond acceptors (Lipinski definition) is 4. The van der Waals surface area contributed by atoms with Gasteiger partial charge in [0.2, 0.25) is 0 Å². The Balaban J connectivity index is 1.45. The molecule has 3 aromatic carbocycles. The van der Waals surface area contributed by atoms with Crippen LogP contribution in [0.2, 0.25) is 0 Å². The summed E-state index contributed by atoms with van der Waals surface area (Å²) in [6.07, 6.45) is -3.64. The van der Waals surface area contributed by atoms with Crippen molar-refractivity contribution in [1.29, 1.82) is 5.41 Å². The molecule has 0 spiro atoms. The molecule has 0 aliphatic heterocycles. The molecule has 0 radical (unpaired) electrons. The Bertz CT molecular complexity index is 1150. The highest BCUT2D eigenvalue weighted by atomic mass is 19.4. The lowest BCUT2D eigenvalue weighted by molar-refractivity contribution is -0.432. The summed E-state index contributed by atoms with van der Waals surface area (Å²) in [5.74, 6) is -0.341. The van der Waals surface area contributed by atoms with Gasteiger partial charge in [-0.1, -0.05) is 30.3 Å². The predicted octanol–water partition coefficient (Wildman–Crippen LogP) is 5.01. The molecular formula is C25H24F3N4O3+. The van der Waals surface area contributed by atoms with E-state index in [0.717, 1.165) is 5.56 Å². The molecule has 0 saturated carbocycles. The predicted molar refractivity (Wildman–Crippen MR) is 126 cm³/mol. The lowest BCUT2D eigenvalue weighted by Gasteiger charge is -2.14. The minimum absolute atomic E-state index is 0.0242. The van der Waals surface area contributed by atoms with Crippen LogP contribution in [0.15, 0.2) is 83.9 Å². The quantitative estimate of drug-likeness (QED) is 0.237. The number of nitrogens with zero attached hydrogens (tertiary/aromatic N) is 1. The van der Waals surface area contributed by atoms with E-state index in [0.29, 0.717) is 23.4 Å². The minimum atomic E-state index is -4.74. The molecule has 10 heteroatoms. The standard InChI is InChI=1S/C25H23F3N4O3/c1-17(15-18-5-3-2-4-6-18)34-24(33)32-21-9-7-19(8-10-21)23(29)31-16-30-20-11-13-22(14-12-20)35-25(26,27)28/h2-14,16-17H,15H2,1H3,(H,32,33)(H2,29,30,31)/p+1. The van der Waals surface area contributed by atoms with Gasteiger partial charge in [0.25, 0.3) is 0 Å². The first-order valence-corrected chi connectivity index (χ1v) is 10.6. The lowest BCUT2D eigenvalue weighted by atomic mass is 10.1. The normalized spacial score (nSPS) is 12.2. The van der Waals surface area contributed by atoms with Crippen LogP contribution in [0.3, 0.4) is 0 Å². The van der Waals surface area contributed by atoms with Crippen molar-refractivity contribution in [2.75, 3.05) is 5.32 Å². The van der Waals surface area contributed by atoms with Crippen LogP contribution >= 0.6 is 0 Å². The van der Waals surface area contributed by atoms with Gasteiger partial charge in [-0.15, -0.1) is 13.2 Å². The zero-order valence-corrected chi connectivity index (χ0v) is 18.8. The van der Waals surface area contributed by atoms with Crippen molar-refractivity contribution >= 4 is 29.6 Å². The Morgan fingerprint density at radius 3 is 2.34 bits per heavy atom. The number of nitrogens with one attached hydrogen (secondary N) is 2. The molecule has 0 aromatic heterocycles. The van der Waals surface area contributed by atoms with E-state index in [-0.39, 0.29) is 17.7 Å². The summed E-state index contributed by atoms with van der Waals surface area (Å²) < 4.78 is 45.8. The number of amidine groups is 1. The molecule has 0 bridgehead atoms. The van der Waals surface area contributed by atoms with Gasteiger partial charge in [-0.2, -0.15) is 4.99 Å². The van der Waals surface area contributed by atoms with Crippen molar-refractivity contribution in [3.05, 3.63) is 90.0 Å². The number of hydrogen-bond donors (Lipinski definition) is 3. The molecule has 0 fully saturated rings. The zero-order valence-electron chi connectivity index (χ0n) is 18.8. The van der Waals surface area contributed by atoms with Gasteiger partial charge >= 0.3 is 12.5 Å². The van der Waals surface area contributed by atoms with Gasteiger partial charge in [-0.25, -0.2) is 4.79 Å². The summed E-state index contributed by atoms with van der Waals surface area (Å²) in [5.41, 5.74) is 2.69. The number of nitrogens with two attached hydrogens (primary N) is 1. The van der Waals surface area contributed by atoms with Crippen LogP contribution < -0.4 is 15.4 Å². The average molecular weight is 485 g/mol. The molecule has 35 heavy (non-hydrogen) atoms. The second kappa shape index (κ2) is 11.8. The Labute approximate surface area is 200 Å². The van der Waals surface area contributed by atoms with Crippen molar-refractivity contribution in [3.8, 4) is 5.75 Å². The fourth-order valence-corrected chi connectivity index (χ4v) is 3.08. The van der Waals surface area contributed by atoms with Crippen LogP contribution in [0.4, 0.5) is 29.3 Å². The minimum Gasteiger partial charge on any atom is -0.446 e. The van der Waals surface area contributed by atoms with E-state index in [2.05, 4.69) is 15.0 Å². The first kappa shape index (κ1) is 25.4. The molecule has 0 aliphatic carbocycles. The fraction of sp³-hybridized carbons (Fsp3) is 0.160. The van der Waals surface area contributed by atoms with Crippen LogP contribution in [0.5, 0.6) is 5.75 Å². The molecular weight excluding hydrogens is 461 g/mol. The molecule has 0 saturated heterocycles. The van der Waals surface area contributed by atoms with E-state index < -0.39 is 12.5 Å². The van der Waals surface area contributed by atoms with Crippen LogP contribution in [0, 0.1) is 5.41 Å². The van der Waals surface area contributed by atoms with Gasteiger partial charge in [0.05, 0.1) is 0 Å². The van der Waals surface area contributed by atoms with Gasteiger partial charge in [0.1, 0.15) is 17.5 Å². The number of benzene rings is 3. The molecule has 4 N–H and O–H groups in total. The SMILES string of the molecule is CC(Cc1ccccc1)OC(=O)Nc1ccc(C(=N)N=C[NH2+]c2ccc(OC(F)(F)F)cc2)cc1. The molecule has 1 unspecified atom stereocenters. The van der Waals surface area contributed by atoms with Gasteiger partial charge in [0.15, 0.2) is 12.2 Å². The summed E-state index contributed by atoms with van der Waals surface area (Å²) in [7, 11) is 0. The third-order valence-electron chi connectivity index (χ3n) is 4.66. The van der Waals surface area contributed by atoms with E-state index in [1.165, 1.54) is 30.6 Å². The number of amides is 1. The highest BCUT2D eigenvalue weighted by molar-refractivity contribution is 6.00. The van der Waals surface area contributed by atoms with E-state index >= 15 is 0 Å². The zero-order chi connectivity index (χ0) is 25.3. The maximum Gasteiger partial charge on any atom is 0.573 e. The third kappa shape index (κ3) is 8.94. The Kier molecular flexibility index (Phi) is 8.58. The Morgan fingerprint density at radius 1 is 1.06 bits per heavy atom. The summed E-state index contributed by atoms with van der Waals surface area (Å²) in [4.78, 5) is 16.2. The highest BCUT2D eigenvalue weighted by Crippen LogP contribution is 2.22. The van der Waals surface area contributed by atoms with Gasteiger partial charge < -0.3 is 9.47 Å². The van der Waals surface area contributed by atoms with Crippen molar-refractivity contribution in [2.45, 2.75) is 25.8 Å². The molecule has 3 aromatic rings. The summed E-state index contributed by atoms with van der Waals surface area (Å²) in [6, 6.07) is 21.5. The van der Waals surface area contributed by atoms with E-state index in [4.69, 9.17) is 10.1 Å². The van der Waals surface area contributed by atoms with Crippen LogP contribution in [0.1, 0.15) is 18.1 Å². The maximum absolute atomic E-state index is 12.2. The molecule has 1 atom stereocenters. The number of carbonyl (C=O) groups excluding carboxylic acids is 1. The molecule has 1 amide bonds. The number of ether oxygens (including phenoxy) is 2. The fourth-order valence-electron chi connectivity index (χ4n) is 3.08. The first-order valence-electron chi connectivity index (χ1n) is 10.6. The third-order valence-corrected chi connectivity index (χ3v) is 4.66. The smallest absolute Gasteiger partial charge is 0.446 e. The number of alkyl halides is 3. The molecule has 182 valence electrons. The summed E-state index contributed by atoms with van der Waals surface area (Å²) in [5, 5.41) is 12.3. The van der Waals surface area contributed by atoms with E-state index in [9.17, 15) is 18.0 Å². The second-order valence-corrected chi connectivity index (χ2v) is 7.52. The Morgan fingerprint density at radius 2 is 1.71 bits per heavy atom. The maximum atomic E-state index is 12.2. The number of anilines is 1. The van der Waals surface area contributed by atoms with Gasteiger partial charge in [-0.05, 0) is 48.9 Å². The molecule has 3 rings (SSSR count). The molecule has 7 nitrogen and oxygen atoms in total. The number of carbonyl (C=O) groups is 1. The molecule has 0 aliphatic rings. The number of quaternary nitrogens is 1. The average Bonchev–Trinajstić information content (AvgIpc) is 2.80. The topological polar surface area (TPSA) is 100 Å². The van der Waals surface area contributed by atoms with Gasteiger partial charge in [0, 0.05) is 29.8 Å². The van der Waals surface area contributed by atoms with E-state index in [1.54, 1.807) is 29.6 Å². The van der Waals surface area contributed by atoms with Crippen molar-refractivity contribution in [3.63, 3.8) is 0 Å². The van der Waals surface area contributed by atoms with E-state index in [1.807, 2.05) is 37.3 Å². The van der Waals surface area contributed by atoms with Crippen molar-refractivity contribution in [1.82, 2.24) is 0 Å². The monoisotopic (exact) mass is 485 g/mol. The first-order chi connectivity index (χ1) is 16.7. The Hall–Kier alpha value is -4.18. The van der Waals surface area contributed by atoms with Crippen LogP contribution in [-0.2, 0) is 11.2 Å². The van der Waals surface area contributed by atoms with Gasteiger partial charge in [-0.3, -0.25) is 16.0 Å². The molecule has 0 heterocycles. The van der Waals surface area contributed by atoms with Crippen molar-refractivity contribution in [2.24, 2.45) is 4.99 Å². The summed E-state index contributed by atoms with van der Waals surface area (Å²) >= 11 is 0. The van der Waals surface area contributed by atoms with Crippen LogP contribution in [0.25, 0.3) is 0 Å². The number of rotatable bonds is 8. The second-order valence-electron chi connectivity index (χ2n) is 7.52. The highest BCUT2D eigenvalue weighted by Gasteiger charge is 2.31. The lowest BCUT2D eigenvalue weighted by Crippen LogP contribution is -2.76. The largest absolute Gasteiger partial charge is 0.573 e. The number of aliphatic imine (C=N–C) groups is 1. The van der Waals surface area contributed by atoms with Crippen LogP contribution in [-0.4, -0.2) is 30.7 Å². The van der Waals surface area contributed by atoms with Crippen molar-refractivity contribution < 1.29 is 32.8 Å². The summed E-state index contributed by atoms with van der Waals surface area (Å²) in [6.45, 7) is 1.82. The number of halogens is 3.